The highest BCUT2D eigenvalue weighted by molar-refractivity contribution is 6.31. The first-order chi connectivity index (χ1) is 17.4. The number of nitrogens with one attached hydrogen (secondary N) is 1. The maximum atomic E-state index is 13.6. The zero-order chi connectivity index (χ0) is 25.7. The van der Waals surface area contributed by atoms with Gasteiger partial charge < -0.3 is 24.8 Å². The molecule has 4 rings (SSSR count). The average Bonchev–Trinajstić information content (AvgIpc) is 3.33. The lowest BCUT2D eigenvalue weighted by atomic mass is 10.2. The van der Waals surface area contributed by atoms with Gasteiger partial charge in [-0.3, -0.25) is 9.69 Å². The highest BCUT2D eigenvalue weighted by atomic mass is 35.5. The lowest BCUT2D eigenvalue weighted by Crippen LogP contribution is -2.44. The number of ether oxygens (including phenoxy) is 2. The van der Waals surface area contributed by atoms with E-state index in [1.165, 1.54) is 18.5 Å². The largest absolute Gasteiger partial charge is 0.497 e. The first-order valence-electron chi connectivity index (χ1n) is 11.7. The van der Waals surface area contributed by atoms with Crippen molar-refractivity contribution in [3.63, 3.8) is 0 Å². The minimum Gasteiger partial charge on any atom is -0.497 e. The van der Waals surface area contributed by atoms with E-state index in [-0.39, 0.29) is 36.7 Å². The van der Waals surface area contributed by atoms with E-state index >= 15 is 0 Å². The van der Waals surface area contributed by atoms with Gasteiger partial charge in [0.1, 0.15) is 36.1 Å². The molecule has 2 heterocycles. The number of hydrogen-bond acceptors (Lipinski definition) is 8. The molecule has 0 saturated carbocycles. The average molecular weight is 518 g/mol. The van der Waals surface area contributed by atoms with Crippen LogP contribution < -0.4 is 14.8 Å². The smallest absolute Gasteiger partial charge is 0.237 e. The molecule has 11 heteroatoms. The molecule has 9 nitrogen and oxygen atoms in total. The fraction of sp³-hybridized carbons (Fsp3) is 0.400. The Hall–Kier alpha value is -3.21. The molecular weight excluding hydrogens is 489 g/mol. The number of likely N-dealkylation sites (tertiary alicyclic amines) is 1. The van der Waals surface area contributed by atoms with E-state index in [2.05, 4.69) is 15.3 Å². The molecule has 1 aliphatic rings. The lowest BCUT2D eigenvalue weighted by molar-refractivity contribution is -0.133. The molecule has 3 aromatic rings. The molecule has 0 radical (unpaired) electrons. The highest BCUT2D eigenvalue weighted by Crippen LogP contribution is 2.36. The summed E-state index contributed by atoms with van der Waals surface area (Å²) in [6, 6.07) is 7.76. The van der Waals surface area contributed by atoms with Gasteiger partial charge in [-0.1, -0.05) is 11.6 Å². The second-order valence-corrected chi connectivity index (χ2v) is 9.06. The van der Waals surface area contributed by atoms with Crippen molar-refractivity contribution in [2.45, 2.75) is 18.9 Å². The SMILES string of the molecule is COc1cc(OC[C@@H]2CCCN2C(=O)CN(C)CCO)c2c(Nc3ccc(F)c(Cl)c3)ncnc2c1. The molecule has 0 unspecified atom stereocenters. The van der Waals surface area contributed by atoms with E-state index in [4.69, 9.17) is 26.2 Å². The number of benzene rings is 2. The van der Waals surface area contributed by atoms with Crippen LogP contribution in [0.5, 0.6) is 11.5 Å². The molecule has 36 heavy (non-hydrogen) atoms. The van der Waals surface area contributed by atoms with Crippen molar-refractivity contribution in [3.05, 3.63) is 47.5 Å². The number of methoxy groups -OCH3 is 1. The van der Waals surface area contributed by atoms with E-state index in [1.54, 1.807) is 37.3 Å². The summed E-state index contributed by atoms with van der Waals surface area (Å²) < 4.78 is 25.3. The van der Waals surface area contributed by atoms with Gasteiger partial charge in [0.2, 0.25) is 5.91 Å². The van der Waals surface area contributed by atoms with Crippen molar-refractivity contribution in [1.29, 1.82) is 0 Å². The zero-order valence-electron chi connectivity index (χ0n) is 20.2. The highest BCUT2D eigenvalue weighted by Gasteiger charge is 2.30. The van der Waals surface area contributed by atoms with Crippen LogP contribution in [0.1, 0.15) is 12.8 Å². The first kappa shape index (κ1) is 25.9. The van der Waals surface area contributed by atoms with Crippen LogP contribution in [0, 0.1) is 5.82 Å². The maximum Gasteiger partial charge on any atom is 0.237 e. The molecule has 1 aliphatic heterocycles. The van der Waals surface area contributed by atoms with E-state index in [0.29, 0.717) is 47.0 Å². The van der Waals surface area contributed by atoms with Gasteiger partial charge in [0.15, 0.2) is 0 Å². The van der Waals surface area contributed by atoms with Crippen LogP contribution in [0.15, 0.2) is 36.7 Å². The number of amides is 1. The molecule has 0 bridgehead atoms. The summed E-state index contributed by atoms with van der Waals surface area (Å²) in [4.78, 5) is 25.2. The molecular formula is C25H29ClFN5O4. The third kappa shape index (κ3) is 5.95. The van der Waals surface area contributed by atoms with Gasteiger partial charge in [0, 0.05) is 30.9 Å². The number of fused-ring (bicyclic) bond motifs is 1. The summed E-state index contributed by atoms with van der Waals surface area (Å²) in [5.41, 5.74) is 1.16. The molecule has 1 fully saturated rings. The summed E-state index contributed by atoms with van der Waals surface area (Å²) in [6.07, 6.45) is 3.13. The predicted octanol–water partition coefficient (Wildman–Crippen LogP) is 3.47. The molecule has 1 atom stereocenters. The van der Waals surface area contributed by atoms with E-state index in [0.717, 1.165) is 12.8 Å². The van der Waals surface area contributed by atoms with Gasteiger partial charge in [-0.2, -0.15) is 0 Å². The van der Waals surface area contributed by atoms with Crippen LogP contribution in [-0.2, 0) is 4.79 Å². The number of likely N-dealkylation sites (N-methyl/N-ethyl adjacent to an activating group) is 1. The number of aliphatic hydroxyl groups excluding tert-OH is 1. The van der Waals surface area contributed by atoms with Gasteiger partial charge in [0.25, 0.3) is 0 Å². The van der Waals surface area contributed by atoms with Crippen molar-refractivity contribution in [2.75, 3.05) is 52.3 Å². The van der Waals surface area contributed by atoms with Gasteiger partial charge in [-0.15, -0.1) is 0 Å². The quantitative estimate of drug-likeness (QED) is 0.422. The monoisotopic (exact) mass is 517 g/mol. The fourth-order valence-corrected chi connectivity index (χ4v) is 4.44. The van der Waals surface area contributed by atoms with E-state index in [1.807, 2.05) is 4.90 Å². The Morgan fingerprint density at radius 3 is 2.92 bits per heavy atom. The Labute approximate surface area is 213 Å². The third-order valence-electron chi connectivity index (χ3n) is 6.11. The van der Waals surface area contributed by atoms with Crippen molar-refractivity contribution in [1.82, 2.24) is 19.8 Å². The van der Waals surface area contributed by atoms with Crippen LogP contribution in [0.2, 0.25) is 5.02 Å². The summed E-state index contributed by atoms with van der Waals surface area (Å²) in [5.74, 6) is 1.02. The summed E-state index contributed by atoms with van der Waals surface area (Å²) in [7, 11) is 3.37. The molecule has 1 saturated heterocycles. The fourth-order valence-electron chi connectivity index (χ4n) is 4.26. The number of anilines is 2. The molecule has 2 N–H and O–H groups in total. The number of carbonyl (C=O) groups excluding carboxylic acids is 1. The maximum absolute atomic E-state index is 13.6. The second-order valence-electron chi connectivity index (χ2n) is 8.65. The minimum absolute atomic E-state index is 0.00179. The first-order valence-corrected chi connectivity index (χ1v) is 12.0. The number of aliphatic hydroxyl groups is 1. The molecule has 2 aromatic carbocycles. The van der Waals surface area contributed by atoms with Crippen LogP contribution in [0.3, 0.4) is 0 Å². The van der Waals surface area contributed by atoms with Crippen molar-refractivity contribution >= 4 is 39.9 Å². The normalized spacial score (nSPS) is 15.5. The number of nitrogens with zero attached hydrogens (tertiary/aromatic N) is 4. The minimum atomic E-state index is -0.512. The van der Waals surface area contributed by atoms with Crippen LogP contribution in [0.4, 0.5) is 15.9 Å². The van der Waals surface area contributed by atoms with E-state index < -0.39 is 5.82 Å². The Morgan fingerprint density at radius 2 is 2.17 bits per heavy atom. The number of aromatic nitrogens is 2. The molecule has 192 valence electrons. The third-order valence-corrected chi connectivity index (χ3v) is 6.40. The summed E-state index contributed by atoms with van der Waals surface area (Å²) in [5, 5.41) is 12.9. The Kier molecular flexibility index (Phi) is 8.40. The molecule has 1 aromatic heterocycles. The zero-order valence-corrected chi connectivity index (χ0v) is 21.0. The second kappa shape index (κ2) is 11.7. The summed E-state index contributed by atoms with van der Waals surface area (Å²) >= 11 is 5.94. The Bertz CT molecular complexity index is 1230. The molecule has 1 amide bonds. The van der Waals surface area contributed by atoms with Crippen LogP contribution in [-0.4, -0.2) is 83.8 Å². The topological polar surface area (TPSA) is 100 Å². The number of halogens is 2. The van der Waals surface area contributed by atoms with Gasteiger partial charge in [-0.25, -0.2) is 14.4 Å². The van der Waals surface area contributed by atoms with Gasteiger partial charge in [-0.05, 0) is 38.1 Å². The van der Waals surface area contributed by atoms with Crippen LogP contribution in [0.25, 0.3) is 10.9 Å². The van der Waals surface area contributed by atoms with Crippen molar-refractivity contribution in [3.8, 4) is 11.5 Å². The standard InChI is InChI=1S/C25H29ClFN5O4/c1-31(8-9-33)13-23(34)32-7-3-4-17(32)14-36-22-12-18(35-2)11-21-24(22)25(29-15-28-21)30-16-5-6-20(27)19(26)10-16/h5-6,10-12,15,17,33H,3-4,7-9,13-14H2,1-2H3,(H,28,29,30)/t17-/m0/s1. The van der Waals surface area contributed by atoms with Crippen molar-refractivity contribution in [2.24, 2.45) is 0 Å². The van der Waals surface area contributed by atoms with Crippen molar-refractivity contribution < 1.29 is 23.8 Å². The van der Waals surface area contributed by atoms with Gasteiger partial charge in [0.05, 0.1) is 42.2 Å². The molecule has 0 aliphatic carbocycles. The lowest BCUT2D eigenvalue weighted by Gasteiger charge is -2.27. The Morgan fingerprint density at radius 1 is 1.33 bits per heavy atom. The number of hydrogen-bond donors (Lipinski definition) is 2. The van der Waals surface area contributed by atoms with Gasteiger partial charge >= 0.3 is 0 Å². The Balaban J connectivity index is 1.58. The predicted molar refractivity (Wildman–Crippen MR) is 136 cm³/mol. The van der Waals surface area contributed by atoms with E-state index in [9.17, 15) is 9.18 Å². The molecule has 0 spiro atoms. The number of rotatable bonds is 10. The van der Waals surface area contributed by atoms with Crippen LogP contribution >= 0.6 is 11.6 Å². The number of carbonyl (C=O) groups is 1. The summed E-state index contributed by atoms with van der Waals surface area (Å²) in [6.45, 7) is 1.63.